The highest BCUT2D eigenvalue weighted by molar-refractivity contribution is 7.09. The molecule has 1 fully saturated rings. The molecule has 1 aromatic heterocycles. The number of nitrogens with one attached hydrogen (secondary N) is 1. The van der Waals surface area contributed by atoms with Crippen molar-refractivity contribution in [3.63, 3.8) is 0 Å². The molecule has 0 aromatic carbocycles. The molecule has 0 bridgehead atoms. The molecular weight excluding hydrogens is 252 g/mol. The van der Waals surface area contributed by atoms with Crippen LogP contribution in [-0.4, -0.2) is 22.7 Å². The molecule has 1 N–H and O–H groups in total. The van der Waals surface area contributed by atoms with E-state index in [1.165, 1.54) is 11.3 Å². The number of carbonyl (C=O) groups is 3. The molecule has 0 spiro atoms. The van der Waals surface area contributed by atoms with Gasteiger partial charge in [0.05, 0.1) is 6.54 Å². The van der Waals surface area contributed by atoms with E-state index in [2.05, 4.69) is 5.32 Å². The van der Waals surface area contributed by atoms with Gasteiger partial charge in [-0.15, -0.1) is 11.3 Å². The van der Waals surface area contributed by atoms with Gasteiger partial charge in [0.2, 0.25) is 11.8 Å². The first kappa shape index (κ1) is 12.8. The van der Waals surface area contributed by atoms with Crippen molar-refractivity contribution in [3.8, 4) is 0 Å². The van der Waals surface area contributed by atoms with Crippen LogP contribution in [-0.2, 0) is 16.1 Å². The van der Waals surface area contributed by atoms with E-state index < -0.39 is 17.9 Å². The minimum Gasteiger partial charge on any atom is -0.277 e. The fourth-order valence-corrected chi connectivity index (χ4v) is 2.60. The zero-order chi connectivity index (χ0) is 13.1. The molecule has 4 amide bonds. The molecule has 2 heterocycles. The molecule has 1 aliphatic rings. The van der Waals surface area contributed by atoms with Crippen molar-refractivity contribution in [2.75, 3.05) is 0 Å². The topological polar surface area (TPSA) is 66.5 Å². The quantitative estimate of drug-likeness (QED) is 0.844. The van der Waals surface area contributed by atoms with Crippen molar-refractivity contribution in [3.05, 3.63) is 22.4 Å². The van der Waals surface area contributed by atoms with Crippen molar-refractivity contribution < 1.29 is 14.4 Å². The maximum absolute atomic E-state index is 12.1. The highest BCUT2D eigenvalue weighted by atomic mass is 32.1. The van der Waals surface area contributed by atoms with E-state index in [4.69, 9.17) is 0 Å². The van der Waals surface area contributed by atoms with Crippen LogP contribution in [0.4, 0.5) is 4.79 Å². The van der Waals surface area contributed by atoms with Gasteiger partial charge in [-0.2, -0.15) is 0 Å². The predicted molar refractivity (Wildman–Crippen MR) is 66.8 cm³/mol. The molecule has 18 heavy (non-hydrogen) atoms. The maximum atomic E-state index is 12.1. The molecule has 1 saturated heterocycles. The highest BCUT2D eigenvalue weighted by Crippen LogP contribution is 2.19. The third-order valence-corrected chi connectivity index (χ3v) is 3.69. The lowest BCUT2D eigenvalue weighted by atomic mass is 9.99. The zero-order valence-electron chi connectivity index (χ0n) is 10.0. The Hall–Kier alpha value is -1.69. The monoisotopic (exact) mass is 266 g/mol. The van der Waals surface area contributed by atoms with Crippen molar-refractivity contribution in [2.45, 2.75) is 26.3 Å². The summed E-state index contributed by atoms with van der Waals surface area (Å²) in [7, 11) is 0. The molecule has 96 valence electrons. The number of hydrogen-bond acceptors (Lipinski definition) is 4. The summed E-state index contributed by atoms with van der Waals surface area (Å²) >= 11 is 1.48. The van der Waals surface area contributed by atoms with E-state index in [1.807, 2.05) is 24.4 Å². The van der Waals surface area contributed by atoms with Crippen molar-refractivity contribution in [1.82, 2.24) is 10.2 Å². The minimum absolute atomic E-state index is 0.232. The lowest BCUT2D eigenvalue weighted by Gasteiger charge is -2.29. The summed E-state index contributed by atoms with van der Waals surface area (Å²) in [5.74, 6) is -1.60. The van der Waals surface area contributed by atoms with Gasteiger partial charge in [-0.05, 0) is 17.9 Å². The van der Waals surface area contributed by atoms with Crippen LogP contribution in [0.15, 0.2) is 17.5 Å². The standard InChI is InChI=1S/C12H14N2O3S/c1-2-4-9-10(15)13-12(17)14(11(9)16)7-8-5-3-6-18-8/h3,5-6,9H,2,4,7H2,1H3,(H,13,15,17). The Labute approximate surface area is 109 Å². The predicted octanol–water partition coefficient (Wildman–Crippen LogP) is 1.74. The van der Waals surface area contributed by atoms with Crippen LogP contribution in [0.5, 0.6) is 0 Å². The molecule has 5 nitrogen and oxygen atoms in total. The van der Waals surface area contributed by atoms with Crippen LogP contribution in [0.25, 0.3) is 0 Å². The number of barbiturate groups is 1. The molecule has 1 aromatic rings. The molecular formula is C12H14N2O3S. The van der Waals surface area contributed by atoms with E-state index in [0.717, 1.165) is 16.2 Å². The van der Waals surface area contributed by atoms with Crippen molar-refractivity contribution >= 4 is 29.2 Å². The third kappa shape index (κ3) is 2.43. The molecule has 0 saturated carbocycles. The number of thiophene rings is 1. The molecule has 1 aliphatic heterocycles. The lowest BCUT2D eigenvalue weighted by molar-refractivity contribution is -0.143. The Morgan fingerprint density at radius 3 is 2.78 bits per heavy atom. The number of imide groups is 2. The van der Waals surface area contributed by atoms with Gasteiger partial charge in [-0.25, -0.2) is 4.79 Å². The summed E-state index contributed by atoms with van der Waals surface area (Å²) in [6.45, 7) is 2.14. The Bertz CT molecular complexity index is 470. The average molecular weight is 266 g/mol. The van der Waals surface area contributed by atoms with Crippen molar-refractivity contribution in [2.24, 2.45) is 5.92 Å². The van der Waals surface area contributed by atoms with Gasteiger partial charge in [0.25, 0.3) is 0 Å². The Balaban J connectivity index is 2.15. The number of rotatable bonds is 4. The fraction of sp³-hybridized carbons (Fsp3) is 0.417. The molecule has 1 unspecified atom stereocenters. The van der Waals surface area contributed by atoms with Crippen LogP contribution in [0.3, 0.4) is 0 Å². The van der Waals surface area contributed by atoms with Gasteiger partial charge in [-0.1, -0.05) is 19.4 Å². The molecule has 2 rings (SSSR count). The van der Waals surface area contributed by atoms with Gasteiger partial charge in [0.15, 0.2) is 0 Å². The van der Waals surface area contributed by atoms with Crippen LogP contribution >= 0.6 is 11.3 Å². The minimum atomic E-state index is -0.729. The summed E-state index contributed by atoms with van der Waals surface area (Å²) in [6, 6.07) is 3.10. The average Bonchev–Trinajstić information content (AvgIpc) is 2.83. The third-order valence-electron chi connectivity index (χ3n) is 2.83. The molecule has 1 atom stereocenters. The van der Waals surface area contributed by atoms with Crippen LogP contribution in [0, 0.1) is 5.92 Å². The first-order valence-corrected chi connectivity index (χ1v) is 6.70. The number of amides is 4. The maximum Gasteiger partial charge on any atom is 0.331 e. The second-order valence-corrected chi connectivity index (χ2v) is 5.17. The smallest absolute Gasteiger partial charge is 0.277 e. The Morgan fingerprint density at radius 2 is 2.17 bits per heavy atom. The summed E-state index contributed by atoms with van der Waals surface area (Å²) < 4.78 is 0. The van der Waals surface area contributed by atoms with Gasteiger partial charge < -0.3 is 0 Å². The second kappa shape index (κ2) is 5.30. The van der Waals surface area contributed by atoms with E-state index >= 15 is 0 Å². The van der Waals surface area contributed by atoms with Gasteiger partial charge in [0.1, 0.15) is 5.92 Å². The van der Waals surface area contributed by atoms with E-state index in [9.17, 15) is 14.4 Å². The first-order chi connectivity index (χ1) is 8.63. The Kier molecular flexibility index (Phi) is 3.76. The summed E-state index contributed by atoms with van der Waals surface area (Å²) in [5.41, 5.74) is 0. The van der Waals surface area contributed by atoms with Gasteiger partial charge in [0, 0.05) is 4.88 Å². The fourth-order valence-electron chi connectivity index (χ4n) is 1.91. The summed E-state index contributed by atoms with van der Waals surface area (Å²) in [4.78, 5) is 37.4. The number of hydrogen-bond donors (Lipinski definition) is 1. The highest BCUT2D eigenvalue weighted by Gasteiger charge is 2.39. The van der Waals surface area contributed by atoms with E-state index in [0.29, 0.717) is 6.42 Å². The van der Waals surface area contributed by atoms with E-state index in [1.54, 1.807) is 0 Å². The normalized spacial score (nSPS) is 20.2. The van der Waals surface area contributed by atoms with E-state index in [-0.39, 0.29) is 12.5 Å². The van der Waals surface area contributed by atoms with Crippen LogP contribution in [0.1, 0.15) is 24.6 Å². The largest absolute Gasteiger partial charge is 0.331 e. The number of nitrogens with zero attached hydrogens (tertiary/aromatic N) is 1. The number of urea groups is 1. The second-order valence-electron chi connectivity index (χ2n) is 4.14. The van der Waals surface area contributed by atoms with Gasteiger partial charge >= 0.3 is 6.03 Å². The number of carbonyl (C=O) groups excluding carboxylic acids is 3. The summed E-state index contributed by atoms with van der Waals surface area (Å²) in [5, 5.41) is 4.12. The Morgan fingerprint density at radius 1 is 1.39 bits per heavy atom. The molecule has 0 radical (unpaired) electrons. The summed E-state index contributed by atoms with van der Waals surface area (Å²) in [6.07, 6.45) is 1.20. The lowest BCUT2D eigenvalue weighted by Crippen LogP contribution is -2.57. The van der Waals surface area contributed by atoms with Crippen molar-refractivity contribution in [1.29, 1.82) is 0 Å². The van der Waals surface area contributed by atoms with Gasteiger partial charge in [-0.3, -0.25) is 19.8 Å². The first-order valence-electron chi connectivity index (χ1n) is 5.82. The molecule has 0 aliphatic carbocycles. The van der Waals surface area contributed by atoms with Crippen LogP contribution in [0.2, 0.25) is 0 Å². The zero-order valence-corrected chi connectivity index (χ0v) is 10.8. The SMILES string of the molecule is CCCC1C(=O)NC(=O)N(Cc2cccs2)C1=O. The molecule has 6 heteroatoms. The van der Waals surface area contributed by atoms with Crippen LogP contribution < -0.4 is 5.32 Å².